The minimum absolute atomic E-state index is 0.471. The molecule has 0 amide bonds. The molecule has 1 heterocycles. The summed E-state index contributed by atoms with van der Waals surface area (Å²) in [6.07, 6.45) is 0. The van der Waals surface area contributed by atoms with Gasteiger partial charge >= 0.3 is 7.12 Å². The molecule has 3 rings (SSSR count). The van der Waals surface area contributed by atoms with Crippen molar-refractivity contribution in [3.05, 3.63) is 42.5 Å². The van der Waals surface area contributed by atoms with Gasteiger partial charge in [0.15, 0.2) is 11.5 Å². The topological polar surface area (TPSA) is 58.9 Å². The second-order valence-electron chi connectivity index (χ2n) is 4.32. The molecule has 19 heavy (non-hydrogen) atoms. The van der Waals surface area contributed by atoms with Crippen molar-refractivity contribution in [1.82, 2.24) is 0 Å². The molecule has 1 aliphatic heterocycles. The summed E-state index contributed by atoms with van der Waals surface area (Å²) in [6, 6.07) is 12.8. The molecular weight excluding hydrogens is 243 g/mol. The van der Waals surface area contributed by atoms with E-state index in [4.69, 9.17) is 9.47 Å². The van der Waals surface area contributed by atoms with Gasteiger partial charge in [-0.2, -0.15) is 0 Å². The van der Waals surface area contributed by atoms with Gasteiger partial charge in [0.25, 0.3) is 0 Å². The number of hydrogen-bond acceptors (Lipinski definition) is 4. The minimum atomic E-state index is -1.50. The first-order valence-corrected chi connectivity index (χ1v) is 6.11. The zero-order chi connectivity index (χ0) is 13.2. The Bertz CT molecular complexity index is 598. The first kappa shape index (κ1) is 12.1. The Kier molecular flexibility index (Phi) is 3.15. The summed E-state index contributed by atoms with van der Waals surface area (Å²) >= 11 is 0. The van der Waals surface area contributed by atoms with E-state index in [1.807, 2.05) is 30.3 Å². The highest BCUT2D eigenvalue weighted by Crippen LogP contribution is 2.34. The van der Waals surface area contributed by atoms with Crippen LogP contribution >= 0.6 is 0 Å². The average Bonchev–Trinajstić information content (AvgIpc) is 2.46. The summed E-state index contributed by atoms with van der Waals surface area (Å²) in [5.41, 5.74) is 2.11. The highest BCUT2D eigenvalue weighted by molar-refractivity contribution is 6.60. The summed E-state index contributed by atoms with van der Waals surface area (Å²) < 4.78 is 11.0. The Balaban J connectivity index is 2.07. The van der Waals surface area contributed by atoms with E-state index >= 15 is 0 Å². The first-order chi connectivity index (χ1) is 9.25. The lowest BCUT2D eigenvalue weighted by Gasteiger charge is -2.19. The number of hydrogen-bond donors (Lipinski definition) is 2. The molecule has 0 radical (unpaired) electrons. The second-order valence-corrected chi connectivity index (χ2v) is 4.32. The lowest BCUT2D eigenvalue weighted by Crippen LogP contribution is -2.31. The highest BCUT2D eigenvalue weighted by Gasteiger charge is 2.18. The largest absolute Gasteiger partial charge is 0.489 e. The standard InChI is InChI=1S/C14H13BO4/c16-15(17)12-4-2-1-3-11(12)10-5-6-13-14(9-10)19-8-7-18-13/h1-6,9,16-17H,7-8H2. The number of fused-ring (bicyclic) bond motifs is 1. The van der Waals surface area contributed by atoms with E-state index in [-0.39, 0.29) is 0 Å². The van der Waals surface area contributed by atoms with Gasteiger partial charge in [-0.15, -0.1) is 0 Å². The van der Waals surface area contributed by atoms with Crippen molar-refractivity contribution in [2.24, 2.45) is 0 Å². The zero-order valence-electron chi connectivity index (χ0n) is 10.2. The van der Waals surface area contributed by atoms with Gasteiger partial charge in [-0.05, 0) is 28.7 Å². The monoisotopic (exact) mass is 256 g/mol. The molecule has 0 spiro atoms. The van der Waals surface area contributed by atoms with Crippen LogP contribution < -0.4 is 14.9 Å². The van der Waals surface area contributed by atoms with Crippen molar-refractivity contribution in [2.75, 3.05) is 13.2 Å². The highest BCUT2D eigenvalue weighted by atomic mass is 16.6. The fourth-order valence-corrected chi connectivity index (χ4v) is 2.20. The predicted molar refractivity (Wildman–Crippen MR) is 72.7 cm³/mol. The van der Waals surface area contributed by atoms with E-state index < -0.39 is 7.12 Å². The molecule has 0 aromatic heterocycles. The maximum atomic E-state index is 9.40. The van der Waals surface area contributed by atoms with Crippen LogP contribution in [-0.2, 0) is 0 Å². The van der Waals surface area contributed by atoms with Crippen LogP contribution in [0.4, 0.5) is 0 Å². The average molecular weight is 256 g/mol. The molecule has 0 saturated carbocycles. The normalized spacial score (nSPS) is 13.2. The van der Waals surface area contributed by atoms with Crippen molar-refractivity contribution in [3.8, 4) is 22.6 Å². The third kappa shape index (κ3) is 2.30. The molecule has 0 atom stereocenters. The summed E-state index contributed by atoms with van der Waals surface area (Å²) in [5, 5.41) is 18.8. The Morgan fingerprint density at radius 2 is 1.63 bits per heavy atom. The molecular formula is C14H13BO4. The smallest absolute Gasteiger partial charge is 0.486 e. The van der Waals surface area contributed by atoms with Gasteiger partial charge in [-0.1, -0.05) is 30.3 Å². The summed E-state index contributed by atoms with van der Waals surface area (Å²) in [6.45, 7) is 1.08. The second kappa shape index (κ2) is 4.95. The maximum Gasteiger partial charge on any atom is 0.489 e. The van der Waals surface area contributed by atoms with Gasteiger partial charge in [0.1, 0.15) is 13.2 Å². The van der Waals surface area contributed by atoms with E-state index in [9.17, 15) is 10.0 Å². The fraction of sp³-hybridized carbons (Fsp3) is 0.143. The van der Waals surface area contributed by atoms with Crippen molar-refractivity contribution in [3.63, 3.8) is 0 Å². The SMILES string of the molecule is OB(O)c1ccccc1-c1ccc2c(c1)OCCO2. The van der Waals surface area contributed by atoms with Crippen LogP contribution in [0.5, 0.6) is 11.5 Å². The Morgan fingerprint density at radius 1 is 0.895 bits per heavy atom. The minimum Gasteiger partial charge on any atom is -0.486 e. The van der Waals surface area contributed by atoms with E-state index in [1.165, 1.54) is 0 Å². The molecule has 2 aromatic carbocycles. The van der Waals surface area contributed by atoms with Crippen molar-refractivity contribution in [1.29, 1.82) is 0 Å². The molecule has 0 bridgehead atoms. The molecule has 0 fully saturated rings. The van der Waals surface area contributed by atoms with Gasteiger partial charge < -0.3 is 19.5 Å². The zero-order valence-corrected chi connectivity index (χ0v) is 10.2. The fourth-order valence-electron chi connectivity index (χ4n) is 2.20. The van der Waals surface area contributed by atoms with Crippen LogP contribution in [0, 0.1) is 0 Å². The van der Waals surface area contributed by atoms with Crippen molar-refractivity contribution >= 4 is 12.6 Å². The van der Waals surface area contributed by atoms with Crippen LogP contribution in [0.25, 0.3) is 11.1 Å². The molecule has 2 aromatic rings. The van der Waals surface area contributed by atoms with Crippen LogP contribution in [-0.4, -0.2) is 30.4 Å². The molecule has 4 nitrogen and oxygen atoms in total. The van der Waals surface area contributed by atoms with Crippen LogP contribution in [0.15, 0.2) is 42.5 Å². The summed E-state index contributed by atoms with van der Waals surface area (Å²) in [7, 11) is -1.50. The van der Waals surface area contributed by atoms with Crippen molar-refractivity contribution < 1.29 is 19.5 Å². The predicted octanol–water partition coefficient (Wildman–Crippen LogP) is 0.805. The maximum absolute atomic E-state index is 9.40. The Morgan fingerprint density at radius 3 is 2.42 bits per heavy atom. The van der Waals surface area contributed by atoms with E-state index in [0.717, 1.165) is 16.9 Å². The summed E-state index contributed by atoms with van der Waals surface area (Å²) in [4.78, 5) is 0. The third-order valence-electron chi connectivity index (χ3n) is 3.09. The van der Waals surface area contributed by atoms with Crippen molar-refractivity contribution in [2.45, 2.75) is 0 Å². The lowest BCUT2D eigenvalue weighted by molar-refractivity contribution is 0.171. The van der Waals surface area contributed by atoms with Crippen LogP contribution in [0.3, 0.4) is 0 Å². The first-order valence-electron chi connectivity index (χ1n) is 6.11. The molecule has 1 aliphatic rings. The molecule has 0 aliphatic carbocycles. The number of rotatable bonds is 2. The van der Waals surface area contributed by atoms with E-state index in [2.05, 4.69) is 0 Å². The lowest BCUT2D eigenvalue weighted by atomic mass is 9.75. The molecule has 2 N–H and O–H groups in total. The molecule has 0 saturated heterocycles. The Hall–Kier alpha value is -1.98. The van der Waals surface area contributed by atoms with Gasteiger partial charge in [0.2, 0.25) is 0 Å². The third-order valence-corrected chi connectivity index (χ3v) is 3.09. The van der Waals surface area contributed by atoms with Gasteiger partial charge in [0.05, 0.1) is 0 Å². The van der Waals surface area contributed by atoms with Gasteiger partial charge in [-0.25, -0.2) is 0 Å². The molecule has 96 valence electrons. The number of benzene rings is 2. The van der Waals surface area contributed by atoms with Gasteiger partial charge in [0, 0.05) is 0 Å². The van der Waals surface area contributed by atoms with Gasteiger partial charge in [-0.3, -0.25) is 0 Å². The molecule has 5 heteroatoms. The van der Waals surface area contributed by atoms with Crippen LogP contribution in [0.1, 0.15) is 0 Å². The summed E-state index contributed by atoms with van der Waals surface area (Å²) in [5.74, 6) is 1.41. The number of ether oxygens (including phenoxy) is 2. The van der Waals surface area contributed by atoms with E-state index in [1.54, 1.807) is 12.1 Å². The Labute approximate surface area is 111 Å². The molecule has 0 unspecified atom stereocenters. The van der Waals surface area contributed by atoms with Crippen LogP contribution in [0.2, 0.25) is 0 Å². The quantitative estimate of drug-likeness (QED) is 0.780. The van der Waals surface area contributed by atoms with E-state index in [0.29, 0.717) is 24.4 Å².